The number of benzene rings is 4. The molecule has 0 radical (unpaired) electrons. The molecule has 0 aliphatic carbocycles. The summed E-state index contributed by atoms with van der Waals surface area (Å²) in [6.07, 6.45) is 0.953. The van der Waals surface area contributed by atoms with E-state index in [0.29, 0.717) is 11.7 Å². The van der Waals surface area contributed by atoms with Crippen molar-refractivity contribution in [3.8, 4) is 33.8 Å². The van der Waals surface area contributed by atoms with E-state index in [0.717, 1.165) is 34.4 Å². The van der Waals surface area contributed by atoms with Gasteiger partial charge in [0.2, 0.25) is 0 Å². The summed E-state index contributed by atoms with van der Waals surface area (Å²) in [6, 6.07) is 33.2. The first kappa shape index (κ1) is 25.2. The second kappa shape index (κ2) is 10.8. The highest BCUT2D eigenvalue weighted by Crippen LogP contribution is 2.44. The Morgan fingerprint density at radius 3 is 1.67 bits per heavy atom. The fourth-order valence-corrected chi connectivity index (χ4v) is 5.07. The van der Waals surface area contributed by atoms with E-state index < -0.39 is 0 Å². The molecule has 0 saturated carbocycles. The van der Waals surface area contributed by atoms with Gasteiger partial charge in [0.25, 0.3) is 0 Å². The van der Waals surface area contributed by atoms with Gasteiger partial charge in [-0.05, 0) is 58.9 Å². The molecular weight excluding hydrogens is 444 g/mol. The Morgan fingerprint density at radius 1 is 0.750 bits per heavy atom. The van der Waals surface area contributed by atoms with Crippen molar-refractivity contribution in [2.45, 2.75) is 39.5 Å². The average molecular weight is 479 g/mol. The summed E-state index contributed by atoms with van der Waals surface area (Å²) in [4.78, 5) is 11.8. The van der Waals surface area contributed by atoms with Crippen LogP contribution in [-0.4, -0.2) is 13.1 Å². The number of carbonyl (C=O) groups excluding carboxylic acids is 1. The molecule has 1 atom stereocenters. The fourth-order valence-electron chi connectivity index (χ4n) is 5.07. The molecule has 0 aromatic heterocycles. The van der Waals surface area contributed by atoms with Crippen LogP contribution in [0.1, 0.15) is 45.2 Å². The molecular formula is C33H34O3. The van der Waals surface area contributed by atoms with Crippen molar-refractivity contribution in [1.82, 2.24) is 0 Å². The number of carbonyl (C=O) groups is 1. The van der Waals surface area contributed by atoms with Crippen molar-refractivity contribution in [3.63, 3.8) is 0 Å². The maximum absolute atomic E-state index is 11.8. The molecule has 4 rings (SSSR count). The lowest BCUT2D eigenvalue weighted by Gasteiger charge is -2.34. The maximum Gasteiger partial charge on any atom is 0.308 e. The van der Waals surface area contributed by atoms with Crippen LogP contribution in [0.5, 0.6) is 11.5 Å². The van der Waals surface area contributed by atoms with Gasteiger partial charge in [-0.1, -0.05) is 93.6 Å². The van der Waals surface area contributed by atoms with Gasteiger partial charge in [-0.25, -0.2) is 0 Å². The minimum atomic E-state index is -0.326. The molecule has 0 bridgehead atoms. The lowest BCUT2D eigenvalue weighted by Crippen LogP contribution is -2.26. The number of rotatable bonds is 8. The summed E-state index contributed by atoms with van der Waals surface area (Å²) in [7, 11) is 1.72. The summed E-state index contributed by atoms with van der Waals surface area (Å²) in [5, 5.41) is 0. The molecule has 4 aromatic carbocycles. The summed E-state index contributed by atoms with van der Waals surface area (Å²) >= 11 is 0. The Labute approximate surface area is 214 Å². The number of hydrogen-bond donors (Lipinski definition) is 0. The zero-order valence-electron chi connectivity index (χ0n) is 21.7. The van der Waals surface area contributed by atoms with Crippen LogP contribution in [0.4, 0.5) is 0 Å². The van der Waals surface area contributed by atoms with Crippen molar-refractivity contribution in [3.05, 3.63) is 108 Å². The molecule has 3 nitrogen and oxygen atoms in total. The first-order valence-electron chi connectivity index (χ1n) is 12.4. The van der Waals surface area contributed by atoms with Crippen molar-refractivity contribution in [2.24, 2.45) is 5.92 Å². The smallest absolute Gasteiger partial charge is 0.308 e. The monoisotopic (exact) mass is 478 g/mol. The lowest BCUT2D eigenvalue weighted by molar-refractivity contribution is -0.131. The van der Waals surface area contributed by atoms with Crippen molar-refractivity contribution < 1.29 is 14.3 Å². The van der Waals surface area contributed by atoms with E-state index in [1.165, 1.54) is 18.1 Å². The highest BCUT2D eigenvalue weighted by atomic mass is 16.5. The second-order valence-corrected chi connectivity index (χ2v) is 9.88. The van der Waals surface area contributed by atoms with Gasteiger partial charge < -0.3 is 9.47 Å². The minimum absolute atomic E-state index is 0.276. The van der Waals surface area contributed by atoms with Gasteiger partial charge in [0, 0.05) is 23.5 Å². The summed E-state index contributed by atoms with van der Waals surface area (Å²) in [5.74, 6) is 1.56. The molecule has 1 unspecified atom stereocenters. The quantitative estimate of drug-likeness (QED) is 0.189. The van der Waals surface area contributed by atoms with Crippen molar-refractivity contribution in [1.29, 1.82) is 0 Å². The molecule has 0 saturated heterocycles. The first-order valence-corrected chi connectivity index (χ1v) is 12.4. The molecule has 3 heteroatoms. The third-order valence-electron chi connectivity index (χ3n) is 6.69. The summed E-state index contributed by atoms with van der Waals surface area (Å²) in [5.41, 5.74) is 6.24. The zero-order chi connectivity index (χ0) is 25.7. The van der Waals surface area contributed by atoms with Gasteiger partial charge in [-0.3, -0.25) is 4.79 Å². The predicted molar refractivity (Wildman–Crippen MR) is 148 cm³/mol. The SMILES string of the molecule is COc1ccc(C(C)(CC(C)C)c2ccc(OC(C)=O)c(-c3ccccc3)c2)cc1-c1ccccc1. The highest BCUT2D eigenvalue weighted by molar-refractivity contribution is 5.78. The summed E-state index contributed by atoms with van der Waals surface area (Å²) in [6.45, 7) is 8.25. The number of methoxy groups -OCH3 is 1. The van der Waals surface area contributed by atoms with Crippen LogP contribution in [0.15, 0.2) is 97.1 Å². The third-order valence-corrected chi connectivity index (χ3v) is 6.69. The largest absolute Gasteiger partial charge is 0.496 e. The van der Waals surface area contributed by atoms with Gasteiger partial charge in [0.05, 0.1) is 7.11 Å². The van der Waals surface area contributed by atoms with Crippen LogP contribution in [-0.2, 0) is 10.2 Å². The average Bonchev–Trinajstić information content (AvgIpc) is 2.88. The van der Waals surface area contributed by atoms with E-state index in [4.69, 9.17) is 9.47 Å². The van der Waals surface area contributed by atoms with E-state index in [1.54, 1.807) is 7.11 Å². The van der Waals surface area contributed by atoms with Gasteiger partial charge in [-0.15, -0.1) is 0 Å². The van der Waals surface area contributed by atoms with E-state index in [-0.39, 0.29) is 11.4 Å². The van der Waals surface area contributed by atoms with Gasteiger partial charge in [-0.2, -0.15) is 0 Å². The zero-order valence-corrected chi connectivity index (χ0v) is 21.7. The molecule has 184 valence electrons. The van der Waals surface area contributed by atoms with Crippen molar-refractivity contribution >= 4 is 5.97 Å². The Morgan fingerprint density at radius 2 is 1.22 bits per heavy atom. The molecule has 36 heavy (non-hydrogen) atoms. The molecule has 4 aromatic rings. The fraction of sp³-hybridized carbons (Fsp3) is 0.242. The second-order valence-electron chi connectivity index (χ2n) is 9.88. The van der Waals surface area contributed by atoms with Crippen LogP contribution in [0.2, 0.25) is 0 Å². The number of esters is 1. The van der Waals surface area contributed by atoms with Crippen LogP contribution < -0.4 is 9.47 Å². The topological polar surface area (TPSA) is 35.5 Å². The lowest BCUT2D eigenvalue weighted by atomic mass is 9.70. The van der Waals surface area contributed by atoms with Gasteiger partial charge in [0.1, 0.15) is 11.5 Å². The molecule has 0 N–H and O–H groups in total. The summed E-state index contributed by atoms with van der Waals surface area (Å²) < 4.78 is 11.3. The van der Waals surface area contributed by atoms with Crippen molar-refractivity contribution in [2.75, 3.05) is 7.11 Å². The van der Waals surface area contributed by atoms with Crippen LogP contribution in [0.3, 0.4) is 0 Å². The number of ether oxygens (including phenoxy) is 2. The van der Waals surface area contributed by atoms with Crippen LogP contribution >= 0.6 is 0 Å². The van der Waals surface area contributed by atoms with Crippen LogP contribution in [0.25, 0.3) is 22.3 Å². The molecule has 0 heterocycles. The van der Waals surface area contributed by atoms with E-state index >= 15 is 0 Å². The molecule has 0 spiro atoms. The Hall–Kier alpha value is -3.85. The van der Waals surface area contributed by atoms with Crippen LogP contribution in [0, 0.1) is 5.92 Å². The van der Waals surface area contributed by atoms with Gasteiger partial charge >= 0.3 is 5.97 Å². The molecule has 0 aliphatic rings. The molecule has 0 fully saturated rings. The predicted octanol–water partition coefficient (Wildman–Crippen LogP) is 8.31. The molecule has 0 aliphatic heterocycles. The standard InChI is InChI=1S/C33H34O3/c1-23(2)22-33(4,27-16-18-31(35-5)29(20-27)25-12-8-6-9-13-25)28-17-19-32(36-24(3)34)30(21-28)26-14-10-7-11-15-26/h6-21,23H,22H2,1-5H3. The number of hydrogen-bond acceptors (Lipinski definition) is 3. The van der Waals surface area contributed by atoms with E-state index in [9.17, 15) is 4.79 Å². The molecule has 0 amide bonds. The maximum atomic E-state index is 11.8. The Bertz CT molecular complexity index is 1330. The Kier molecular flexibility index (Phi) is 7.59. The first-order chi connectivity index (χ1) is 17.3. The highest BCUT2D eigenvalue weighted by Gasteiger charge is 2.32. The Balaban J connectivity index is 1.91. The van der Waals surface area contributed by atoms with Gasteiger partial charge in [0.15, 0.2) is 0 Å². The van der Waals surface area contributed by atoms with E-state index in [2.05, 4.69) is 75.4 Å². The third kappa shape index (κ3) is 5.36. The normalized spacial score (nSPS) is 12.7. The minimum Gasteiger partial charge on any atom is -0.496 e. The van der Waals surface area contributed by atoms with E-state index in [1.807, 2.05) is 42.5 Å².